The van der Waals surface area contributed by atoms with Crippen molar-refractivity contribution in [3.05, 3.63) is 0 Å². The van der Waals surface area contributed by atoms with Crippen LogP contribution >= 0.6 is 35.7 Å². The number of carboxylic acid groups (broad SMARTS) is 1. The summed E-state index contributed by atoms with van der Waals surface area (Å²) in [6.07, 6.45) is 4.32. The molecule has 0 amide bonds. The Morgan fingerprint density at radius 2 is 2.25 bits per heavy atom. The fraction of sp³-hybridized carbons (Fsp3) is 0.778. The number of thioether (sulfide) groups is 2. The van der Waals surface area contributed by atoms with Crippen LogP contribution < -0.4 is 11.1 Å². The summed E-state index contributed by atoms with van der Waals surface area (Å²) in [7, 11) is 0. The lowest BCUT2D eigenvalue weighted by Gasteiger charge is -2.09. The van der Waals surface area contributed by atoms with Gasteiger partial charge in [0.05, 0.1) is 0 Å². The summed E-state index contributed by atoms with van der Waals surface area (Å²) >= 11 is 8.15. The van der Waals surface area contributed by atoms with Gasteiger partial charge in [-0.25, -0.2) is 0 Å². The Bertz CT molecular complexity index is 227. The van der Waals surface area contributed by atoms with E-state index in [0.29, 0.717) is 10.1 Å². The minimum Gasteiger partial charge on any atom is -0.480 e. The lowest BCUT2D eigenvalue weighted by molar-refractivity contribution is -0.137. The predicted octanol–water partition coefficient (Wildman–Crippen LogP) is 1.15. The first-order valence-corrected chi connectivity index (χ1v) is 7.74. The summed E-state index contributed by atoms with van der Waals surface area (Å²) in [5, 5.41) is 11.6. The molecule has 94 valence electrons. The zero-order valence-corrected chi connectivity index (χ0v) is 11.7. The van der Waals surface area contributed by atoms with Crippen molar-refractivity contribution < 1.29 is 9.90 Å². The van der Waals surface area contributed by atoms with Crippen molar-refractivity contribution in [2.24, 2.45) is 5.73 Å². The van der Waals surface area contributed by atoms with Crippen LogP contribution in [-0.2, 0) is 4.79 Å². The lowest BCUT2D eigenvalue weighted by Crippen LogP contribution is -2.34. The number of hydrogen-bond donors (Lipinski definition) is 3. The highest BCUT2D eigenvalue weighted by molar-refractivity contribution is 8.23. The molecular weight excluding hydrogens is 264 g/mol. The van der Waals surface area contributed by atoms with Crippen molar-refractivity contribution in [1.29, 1.82) is 0 Å². The summed E-state index contributed by atoms with van der Waals surface area (Å²) in [5.74, 6) is 0.479. The molecule has 1 atom stereocenters. The van der Waals surface area contributed by atoms with Crippen molar-refractivity contribution in [2.45, 2.75) is 18.9 Å². The van der Waals surface area contributed by atoms with Crippen LogP contribution in [0.15, 0.2) is 0 Å². The number of carbonyl (C=O) groups is 1. The van der Waals surface area contributed by atoms with E-state index in [2.05, 4.69) is 11.6 Å². The molecule has 4 N–H and O–H groups in total. The third kappa shape index (κ3) is 9.26. The molecule has 0 aromatic carbocycles. The molecule has 7 heteroatoms. The molecular formula is C9H18N2O2S3. The Morgan fingerprint density at radius 1 is 1.56 bits per heavy atom. The van der Waals surface area contributed by atoms with Crippen LogP contribution in [-0.4, -0.2) is 45.7 Å². The summed E-state index contributed by atoms with van der Waals surface area (Å²) < 4.78 is 0.626. The number of carboxylic acids is 1. The second-order valence-electron chi connectivity index (χ2n) is 3.17. The molecule has 0 aromatic rings. The maximum absolute atomic E-state index is 10.4. The van der Waals surface area contributed by atoms with E-state index >= 15 is 0 Å². The van der Waals surface area contributed by atoms with Crippen LogP contribution in [0.5, 0.6) is 0 Å². The highest BCUT2D eigenvalue weighted by atomic mass is 32.2. The Hall–Kier alpha value is 0.0200. The Labute approximate surface area is 110 Å². The van der Waals surface area contributed by atoms with Crippen molar-refractivity contribution >= 4 is 46.0 Å². The Kier molecular flexibility index (Phi) is 10.2. The lowest BCUT2D eigenvalue weighted by atomic mass is 10.3. The molecule has 4 nitrogen and oxygen atoms in total. The van der Waals surface area contributed by atoms with Gasteiger partial charge in [0.15, 0.2) is 0 Å². The molecule has 0 spiro atoms. The van der Waals surface area contributed by atoms with Gasteiger partial charge in [-0.15, -0.1) is 0 Å². The van der Waals surface area contributed by atoms with Gasteiger partial charge in [-0.2, -0.15) is 11.8 Å². The Morgan fingerprint density at radius 3 is 2.81 bits per heavy atom. The second-order valence-corrected chi connectivity index (χ2v) is 5.85. The van der Waals surface area contributed by atoms with E-state index < -0.39 is 12.0 Å². The van der Waals surface area contributed by atoms with E-state index in [-0.39, 0.29) is 0 Å². The third-order valence-electron chi connectivity index (χ3n) is 1.76. The number of unbranched alkanes of at least 4 members (excludes halogenated alkanes) is 1. The molecule has 0 aromatic heterocycles. The van der Waals surface area contributed by atoms with E-state index in [1.165, 1.54) is 11.8 Å². The zero-order valence-electron chi connectivity index (χ0n) is 9.27. The van der Waals surface area contributed by atoms with Crippen LogP contribution in [0.1, 0.15) is 12.8 Å². The number of hydrogen-bond acceptors (Lipinski definition) is 5. The maximum Gasteiger partial charge on any atom is 0.321 e. The normalized spacial score (nSPS) is 12.1. The van der Waals surface area contributed by atoms with E-state index in [1.807, 2.05) is 11.8 Å². The van der Waals surface area contributed by atoms with Gasteiger partial charge in [-0.05, 0) is 24.9 Å². The number of aliphatic carboxylic acids is 1. The van der Waals surface area contributed by atoms with Crippen LogP contribution in [0.4, 0.5) is 0 Å². The van der Waals surface area contributed by atoms with Crippen LogP contribution in [0, 0.1) is 0 Å². The molecule has 0 unspecified atom stereocenters. The van der Waals surface area contributed by atoms with E-state index in [9.17, 15) is 4.79 Å². The summed E-state index contributed by atoms with van der Waals surface area (Å²) in [6, 6.07) is -0.846. The van der Waals surface area contributed by atoms with Gasteiger partial charge in [0.2, 0.25) is 0 Å². The summed E-state index contributed by atoms with van der Waals surface area (Å²) in [6.45, 7) is 0.842. The number of rotatable bonds is 8. The fourth-order valence-electron chi connectivity index (χ4n) is 0.850. The summed E-state index contributed by atoms with van der Waals surface area (Å²) in [4.78, 5) is 10.4. The molecule has 0 heterocycles. The van der Waals surface area contributed by atoms with E-state index in [0.717, 1.165) is 25.1 Å². The molecule has 0 fully saturated rings. The highest BCUT2D eigenvalue weighted by Crippen LogP contribution is 2.04. The highest BCUT2D eigenvalue weighted by Gasteiger charge is 2.12. The van der Waals surface area contributed by atoms with Gasteiger partial charge >= 0.3 is 5.97 Å². The first-order valence-electron chi connectivity index (χ1n) is 4.96. The average molecular weight is 282 g/mol. The van der Waals surface area contributed by atoms with Gasteiger partial charge in [0, 0.05) is 12.3 Å². The molecule has 16 heavy (non-hydrogen) atoms. The first kappa shape index (κ1) is 16.0. The monoisotopic (exact) mass is 282 g/mol. The van der Waals surface area contributed by atoms with Crippen molar-refractivity contribution in [2.75, 3.05) is 24.3 Å². The minimum absolute atomic E-state index is 0.311. The minimum atomic E-state index is -0.990. The van der Waals surface area contributed by atoms with E-state index in [4.69, 9.17) is 23.1 Å². The largest absolute Gasteiger partial charge is 0.480 e. The molecule has 0 saturated carbocycles. The molecule has 0 saturated heterocycles. The van der Waals surface area contributed by atoms with Crippen molar-refractivity contribution in [3.63, 3.8) is 0 Å². The molecule has 0 aliphatic heterocycles. The van der Waals surface area contributed by atoms with Crippen molar-refractivity contribution in [3.8, 4) is 0 Å². The van der Waals surface area contributed by atoms with Crippen LogP contribution in [0.25, 0.3) is 0 Å². The van der Waals surface area contributed by atoms with Gasteiger partial charge in [0.1, 0.15) is 10.4 Å². The number of nitrogens with one attached hydrogen (secondary N) is 1. The second kappa shape index (κ2) is 10.2. The maximum atomic E-state index is 10.4. The third-order valence-corrected chi connectivity index (χ3v) is 3.88. The molecule has 0 aliphatic rings. The van der Waals surface area contributed by atoms with E-state index in [1.54, 1.807) is 0 Å². The predicted molar refractivity (Wildman–Crippen MR) is 76.3 cm³/mol. The fourth-order valence-corrected chi connectivity index (χ4v) is 2.33. The number of nitrogens with two attached hydrogens (primary N) is 1. The quantitative estimate of drug-likeness (QED) is 0.455. The van der Waals surface area contributed by atoms with Gasteiger partial charge in [-0.1, -0.05) is 24.0 Å². The average Bonchev–Trinajstić information content (AvgIpc) is 2.25. The summed E-state index contributed by atoms with van der Waals surface area (Å²) in [5.41, 5.74) is 5.35. The van der Waals surface area contributed by atoms with Crippen molar-refractivity contribution in [1.82, 2.24) is 5.32 Å². The standard InChI is InChI=1S/C9H18N2O2S3/c1-15-5-3-2-4-11-9(14)16-6-7(10)8(12)13/h7H,2-6,10H2,1H3,(H,11,14)(H,12,13)/t7-/m1/s1. The zero-order chi connectivity index (χ0) is 12.4. The smallest absolute Gasteiger partial charge is 0.321 e. The van der Waals surface area contributed by atoms with Crippen LogP contribution in [0.3, 0.4) is 0 Å². The van der Waals surface area contributed by atoms with Gasteiger partial charge < -0.3 is 16.2 Å². The molecule has 0 aliphatic carbocycles. The molecule has 0 rings (SSSR count). The topological polar surface area (TPSA) is 75.3 Å². The number of thiocarbonyl (C=S) groups is 1. The molecule has 0 bridgehead atoms. The van der Waals surface area contributed by atoms with Crippen LogP contribution in [0.2, 0.25) is 0 Å². The first-order chi connectivity index (χ1) is 7.57. The van der Waals surface area contributed by atoms with Gasteiger partial charge in [-0.3, -0.25) is 4.79 Å². The Balaban J connectivity index is 3.41. The SMILES string of the molecule is CSCCCCNC(=S)SC[C@@H](N)C(=O)O. The van der Waals surface area contributed by atoms with Gasteiger partial charge in [0.25, 0.3) is 0 Å². The molecule has 0 radical (unpaired) electrons.